The van der Waals surface area contributed by atoms with Gasteiger partial charge in [-0.15, -0.1) is 0 Å². The highest BCUT2D eigenvalue weighted by Crippen LogP contribution is 1.99. The molecule has 0 aliphatic heterocycles. The van der Waals surface area contributed by atoms with Crippen LogP contribution in [0.25, 0.3) is 0 Å². The number of aryl methyl sites for hydroxylation is 2. The summed E-state index contributed by atoms with van der Waals surface area (Å²) in [5, 5.41) is 1.03. The zero-order chi connectivity index (χ0) is 8.10. The predicted molar refractivity (Wildman–Crippen MR) is 48.9 cm³/mol. The zero-order valence-corrected chi connectivity index (χ0v) is 8.13. The van der Waals surface area contributed by atoms with Crippen molar-refractivity contribution in [1.29, 1.82) is 0 Å². The van der Waals surface area contributed by atoms with Crippen molar-refractivity contribution >= 4 is 15.9 Å². The molecular weight excluding hydrogens is 204 g/mol. The Bertz CT molecular complexity index is 208. The minimum Gasteiger partial charge on any atom is -0.258 e. The van der Waals surface area contributed by atoms with Gasteiger partial charge in [0.05, 0.1) is 11.4 Å². The minimum absolute atomic E-state index is 0.979. The molecular formula is C8H11BrN2. The molecule has 2 nitrogen and oxygen atoms in total. The molecule has 11 heavy (non-hydrogen) atoms. The molecule has 0 atom stereocenters. The number of hydrogen-bond donors (Lipinski definition) is 0. The minimum atomic E-state index is 0.979. The van der Waals surface area contributed by atoms with Gasteiger partial charge < -0.3 is 0 Å². The average molecular weight is 215 g/mol. The van der Waals surface area contributed by atoms with Crippen molar-refractivity contribution in [2.24, 2.45) is 0 Å². The van der Waals surface area contributed by atoms with Crippen molar-refractivity contribution in [3.8, 4) is 0 Å². The van der Waals surface area contributed by atoms with Gasteiger partial charge in [-0.25, -0.2) is 0 Å². The van der Waals surface area contributed by atoms with E-state index in [2.05, 4.69) is 25.9 Å². The summed E-state index contributed by atoms with van der Waals surface area (Å²) in [6.07, 6.45) is 5.79. The lowest BCUT2D eigenvalue weighted by atomic mass is 10.3. The fraction of sp³-hybridized carbons (Fsp3) is 0.500. The zero-order valence-electron chi connectivity index (χ0n) is 6.55. The molecule has 1 rings (SSSR count). The lowest BCUT2D eigenvalue weighted by Gasteiger charge is -1.96. The lowest BCUT2D eigenvalue weighted by molar-refractivity contribution is 0.876. The van der Waals surface area contributed by atoms with E-state index in [0.29, 0.717) is 0 Å². The van der Waals surface area contributed by atoms with Crippen LogP contribution in [-0.4, -0.2) is 15.3 Å². The molecule has 0 radical (unpaired) electrons. The first-order chi connectivity index (χ1) is 5.33. The summed E-state index contributed by atoms with van der Waals surface area (Å²) in [7, 11) is 0. The normalized spacial score (nSPS) is 10.0. The number of hydrogen-bond acceptors (Lipinski definition) is 2. The SMILES string of the molecule is Cc1cnc(CCCBr)cn1. The number of halogens is 1. The Morgan fingerprint density at radius 3 is 2.73 bits per heavy atom. The molecule has 1 heterocycles. The molecule has 0 saturated carbocycles. The summed E-state index contributed by atoms with van der Waals surface area (Å²) in [4.78, 5) is 8.39. The molecule has 0 saturated heterocycles. The maximum absolute atomic E-state index is 4.23. The Labute approximate surface area is 75.2 Å². The van der Waals surface area contributed by atoms with Gasteiger partial charge in [-0.3, -0.25) is 9.97 Å². The van der Waals surface area contributed by atoms with Crippen molar-refractivity contribution < 1.29 is 0 Å². The second-order valence-electron chi connectivity index (χ2n) is 2.44. The third kappa shape index (κ3) is 2.97. The van der Waals surface area contributed by atoms with Gasteiger partial charge in [0.25, 0.3) is 0 Å². The molecule has 0 fully saturated rings. The predicted octanol–water partition coefficient (Wildman–Crippen LogP) is 2.11. The molecule has 1 aromatic heterocycles. The van der Waals surface area contributed by atoms with E-state index < -0.39 is 0 Å². The van der Waals surface area contributed by atoms with E-state index in [4.69, 9.17) is 0 Å². The van der Waals surface area contributed by atoms with Crippen LogP contribution in [-0.2, 0) is 6.42 Å². The molecule has 0 aromatic carbocycles. The van der Waals surface area contributed by atoms with Gasteiger partial charge in [0.15, 0.2) is 0 Å². The number of nitrogens with zero attached hydrogens (tertiary/aromatic N) is 2. The number of rotatable bonds is 3. The van der Waals surface area contributed by atoms with Crippen LogP contribution in [0.5, 0.6) is 0 Å². The number of alkyl halides is 1. The van der Waals surface area contributed by atoms with Crippen LogP contribution in [0.2, 0.25) is 0 Å². The molecule has 0 amide bonds. The standard InChI is InChI=1S/C8H11BrN2/c1-7-5-11-8(6-10-7)3-2-4-9/h5-6H,2-4H2,1H3. The molecule has 0 spiro atoms. The van der Waals surface area contributed by atoms with E-state index in [0.717, 1.165) is 29.6 Å². The Morgan fingerprint density at radius 2 is 2.18 bits per heavy atom. The quantitative estimate of drug-likeness (QED) is 0.721. The Hall–Kier alpha value is -0.440. The smallest absolute Gasteiger partial charge is 0.0587 e. The Morgan fingerprint density at radius 1 is 1.36 bits per heavy atom. The topological polar surface area (TPSA) is 25.8 Å². The van der Waals surface area contributed by atoms with Gasteiger partial charge >= 0.3 is 0 Å². The summed E-state index contributed by atoms with van der Waals surface area (Å²) in [6.45, 7) is 1.95. The fourth-order valence-electron chi connectivity index (χ4n) is 0.796. The summed E-state index contributed by atoms with van der Waals surface area (Å²) in [5.41, 5.74) is 2.06. The van der Waals surface area contributed by atoms with Crippen LogP contribution in [0.4, 0.5) is 0 Å². The largest absolute Gasteiger partial charge is 0.258 e. The second kappa shape index (κ2) is 4.44. The van der Waals surface area contributed by atoms with E-state index in [1.165, 1.54) is 0 Å². The van der Waals surface area contributed by atoms with Crippen LogP contribution in [0.3, 0.4) is 0 Å². The van der Waals surface area contributed by atoms with Crippen LogP contribution in [0, 0.1) is 6.92 Å². The molecule has 1 aromatic rings. The van der Waals surface area contributed by atoms with Crippen molar-refractivity contribution in [1.82, 2.24) is 9.97 Å². The molecule has 0 N–H and O–H groups in total. The van der Waals surface area contributed by atoms with Crippen LogP contribution in [0.15, 0.2) is 12.4 Å². The third-order valence-electron chi connectivity index (χ3n) is 1.40. The first-order valence-electron chi connectivity index (χ1n) is 3.66. The maximum Gasteiger partial charge on any atom is 0.0587 e. The maximum atomic E-state index is 4.23. The van der Waals surface area contributed by atoms with E-state index in [9.17, 15) is 0 Å². The summed E-state index contributed by atoms with van der Waals surface area (Å²) < 4.78 is 0. The fourth-order valence-corrected chi connectivity index (χ4v) is 1.08. The first kappa shape index (κ1) is 8.65. The van der Waals surface area contributed by atoms with E-state index in [-0.39, 0.29) is 0 Å². The van der Waals surface area contributed by atoms with Crippen LogP contribution < -0.4 is 0 Å². The summed E-state index contributed by atoms with van der Waals surface area (Å²) in [6, 6.07) is 0. The van der Waals surface area contributed by atoms with Gasteiger partial charge in [0.2, 0.25) is 0 Å². The van der Waals surface area contributed by atoms with Crippen molar-refractivity contribution in [3.05, 3.63) is 23.8 Å². The van der Waals surface area contributed by atoms with E-state index in [1.54, 1.807) is 0 Å². The van der Waals surface area contributed by atoms with Crippen molar-refractivity contribution in [3.63, 3.8) is 0 Å². The van der Waals surface area contributed by atoms with Crippen LogP contribution >= 0.6 is 15.9 Å². The van der Waals surface area contributed by atoms with Gasteiger partial charge in [-0.05, 0) is 19.8 Å². The van der Waals surface area contributed by atoms with Gasteiger partial charge in [0.1, 0.15) is 0 Å². The Kier molecular flexibility index (Phi) is 3.49. The second-order valence-corrected chi connectivity index (χ2v) is 3.23. The molecule has 0 aliphatic carbocycles. The van der Waals surface area contributed by atoms with Gasteiger partial charge in [-0.2, -0.15) is 0 Å². The summed E-state index contributed by atoms with van der Waals surface area (Å²) >= 11 is 3.37. The monoisotopic (exact) mass is 214 g/mol. The van der Waals surface area contributed by atoms with Crippen LogP contribution in [0.1, 0.15) is 17.8 Å². The van der Waals surface area contributed by atoms with Gasteiger partial charge in [0, 0.05) is 17.7 Å². The van der Waals surface area contributed by atoms with E-state index in [1.807, 2.05) is 19.3 Å². The van der Waals surface area contributed by atoms with Gasteiger partial charge in [-0.1, -0.05) is 15.9 Å². The molecule has 0 aliphatic rings. The molecule has 60 valence electrons. The highest BCUT2D eigenvalue weighted by molar-refractivity contribution is 9.09. The lowest BCUT2D eigenvalue weighted by Crippen LogP contribution is -1.93. The highest BCUT2D eigenvalue weighted by atomic mass is 79.9. The van der Waals surface area contributed by atoms with Crippen molar-refractivity contribution in [2.45, 2.75) is 19.8 Å². The third-order valence-corrected chi connectivity index (χ3v) is 1.96. The first-order valence-corrected chi connectivity index (χ1v) is 4.78. The molecule has 0 bridgehead atoms. The summed E-state index contributed by atoms with van der Waals surface area (Å²) in [5.74, 6) is 0. The van der Waals surface area contributed by atoms with E-state index >= 15 is 0 Å². The average Bonchev–Trinajstić information content (AvgIpc) is 2.04. The molecule has 3 heteroatoms. The molecule has 0 unspecified atom stereocenters. The highest BCUT2D eigenvalue weighted by Gasteiger charge is 1.93. The van der Waals surface area contributed by atoms with Crippen molar-refractivity contribution in [2.75, 3.05) is 5.33 Å². The Balaban J connectivity index is 2.52. The number of aromatic nitrogens is 2.